The molecule has 13 nitrogen and oxygen atoms in total. The lowest BCUT2D eigenvalue weighted by atomic mass is 10.0. The van der Waals surface area contributed by atoms with Gasteiger partial charge in [-0.3, -0.25) is 29.5 Å². The monoisotopic (exact) mass is 578 g/mol. The summed E-state index contributed by atoms with van der Waals surface area (Å²) >= 11 is 0. The predicted octanol–water partition coefficient (Wildman–Crippen LogP) is 4.08. The highest BCUT2D eigenvalue weighted by Crippen LogP contribution is 2.25. The lowest BCUT2D eigenvalue weighted by molar-refractivity contribution is -0.384. The lowest BCUT2D eigenvalue weighted by Crippen LogP contribution is -2.56. The van der Waals surface area contributed by atoms with Gasteiger partial charge in [0.2, 0.25) is 0 Å². The number of carbonyl (C=O) groups is 4. The molecule has 0 aromatic heterocycles. The molecule has 2 atom stereocenters. The number of anilines is 2. The Labute approximate surface area is 239 Å². The zero-order valence-electron chi connectivity index (χ0n) is 22.3. The molecule has 1 fully saturated rings. The van der Waals surface area contributed by atoms with Gasteiger partial charge in [-0.25, -0.2) is 14.0 Å². The number of non-ortho nitro benzene ring substituents is 1. The first-order chi connectivity index (χ1) is 20.0. The van der Waals surface area contributed by atoms with Crippen LogP contribution in [0.1, 0.15) is 23.6 Å². The Hall–Kier alpha value is -5.53. The van der Waals surface area contributed by atoms with E-state index in [2.05, 4.69) is 16.0 Å². The average Bonchev–Trinajstić information content (AvgIpc) is 3.40. The van der Waals surface area contributed by atoms with E-state index in [-0.39, 0.29) is 30.0 Å². The number of nitrogens with zero attached hydrogens (tertiary/aromatic N) is 3. The van der Waals surface area contributed by atoms with Crippen molar-refractivity contribution in [3.8, 4) is 0 Å². The molecule has 0 saturated carbocycles. The van der Waals surface area contributed by atoms with E-state index in [4.69, 9.17) is 0 Å². The van der Waals surface area contributed by atoms with Crippen molar-refractivity contribution in [1.82, 2.24) is 15.1 Å². The number of rotatable bonds is 8. The van der Waals surface area contributed by atoms with Crippen LogP contribution in [0.4, 0.5) is 31.0 Å². The van der Waals surface area contributed by atoms with Crippen LogP contribution in [-0.2, 0) is 9.59 Å². The van der Waals surface area contributed by atoms with Crippen LogP contribution in [-0.4, -0.2) is 63.0 Å². The van der Waals surface area contributed by atoms with Crippen LogP contribution in [0.3, 0.4) is 0 Å². The van der Waals surface area contributed by atoms with Gasteiger partial charge >= 0.3 is 18.0 Å². The van der Waals surface area contributed by atoms with Crippen molar-refractivity contribution in [1.29, 1.82) is 0 Å². The topological polar surface area (TPSA) is 174 Å². The Balaban J connectivity index is 1.63. The quantitative estimate of drug-likeness (QED) is 0.230. The Morgan fingerprint density at radius 2 is 1.57 bits per heavy atom. The third-order valence-electron chi connectivity index (χ3n) is 6.47. The molecule has 14 heteroatoms. The first kappa shape index (κ1) is 29.5. The normalized spacial score (nSPS) is 15.0. The van der Waals surface area contributed by atoms with Gasteiger partial charge in [0, 0.05) is 36.6 Å². The number of carboxylic acid groups (broad SMARTS) is 1. The van der Waals surface area contributed by atoms with Crippen molar-refractivity contribution in [2.45, 2.75) is 25.6 Å². The van der Waals surface area contributed by atoms with Crippen LogP contribution >= 0.6 is 0 Å². The zero-order chi connectivity index (χ0) is 30.4. The Bertz CT molecular complexity index is 1520. The van der Waals surface area contributed by atoms with E-state index in [9.17, 15) is 38.8 Å². The molecule has 3 aromatic rings. The van der Waals surface area contributed by atoms with E-state index in [1.807, 2.05) is 13.0 Å². The van der Waals surface area contributed by atoms with Crippen LogP contribution in [0.5, 0.6) is 0 Å². The molecule has 1 saturated heterocycles. The van der Waals surface area contributed by atoms with Crippen molar-refractivity contribution in [3.63, 3.8) is 0 Å². The molecule has 1 heterocycles. The SMILES string of the molecule is Cc1cccc(NC(=O)N2CCN(C(=O)Nc3ccc(F)cc3)C2C(=O)NC(CC(=O)O)c2cccc([N+](=O)[O-])c2)c1. The third kappa shape index (κ3) is 7.15. The molecular formula is C28H27FN6O7. The maximum atomic E-state index is 13.7. The zero-order valence-corrected chi connectivity index (χ0v) is 22.3. The molecule has 5 amide bonds. The number of carbonyl (C=O) groups excluding carboxylic acids is 3. The van der Waals surface area contributed by atoms with Gasteiger partial charge in [-0.05, 0) is 54.4 Å². The first-order valence-electron chi connectivity index (χ1n) is 12.8. The summed E-state index contributed by atoms with van der Waals surface area (Å²) in [5, 5.41) is 28.6. The second-order valence-corrected chi connectivity index (χ2v) is 9.51. The number of aliphatic carboxylic acids is 1. The highest BCUT2D eigenvalue weighted by atomic mass is 19.1. The summed E-state index contributed by atoms with van der Waals surface area (Å²) in [5.41, 5.74) is 1.41. The van der Waals surface area contributed by atoms with E-state index in [0.29, 0.717) is 5.69 Å². The number of hydrogen-bond acceptors (Lipinski definition) is 6. The maximum Gasteiger partial charge on any atom is 0.323 e. The number of nitrogens with one attached hydrogen (secondary N) is 3. The van der Waals surface area contributed by atoms with Crippen LogP contribution < -0.4 is 16.0 Å². The standard InChI is InChI=1S/C28H27FN6O7/c1-17-4-2-6-21(14-17)31-28(40)34-13-12-33(27(39)30-20-10-8-19(29)9-11-20)26(34)25(38)32-23(16-24(36)37)18-5-3-7-22(15-18)35(41)42/h2-11,14-15,23,26H,12-13,16H2,1H3,(H,30,39)(H,31,40)(H,32,38)(H,36,37). The number of halogens is 1. The summed E-state index contributed by atoms with van der Waals surface area (Å²) in [6, 6.07) is 14.3. The van der Waals surface area contributed by atoms with Crippen LogP contribution in [0.15, 0.2) is 72.8 Å². The highest BCUT2D eigenvalue weighted by Gasteiger charge is 2.43. The molecular weight excluding hydrogens is 551 g/mol. The molecule has 4 rings (SSSR count). The number of nitro groups is 1. The number of benzene rings is 3. The molecule has 0 aliphatic carbocycles. The van der Waals surface area contributed by atoms with Gasteiger partial charge in [-0.2, -0.15) is 0 Å². The van der Waals surface area contributed by atoms with Crippen molar-refractivity contribution in [2.75, 3.05) is 23.7 Å². The lowest BCUT2D eigenvalue weighted by Gasteiger charge is -2.31. The second kappa shape index (κ2) is 12.8. The molecule has 1 aliphatic heterocycles. The summed E-state index contributed by atoms with van der Waals surface area (Å²) in [6.45, 7) is 1.72. The molecule has 4 N–H and O–H groups in total. The van der Waals surface area contributed by atoms with Crippen LogP contribution in [0, 0.1) is 22.9 Å². The Kier molecular flexibility index (Phi) is 8.95. The molecule has 1 aliphatic rings. The van der Waals surface area contributed by atoms with Gasteiger partial charge in [0.25, 0.3) is 11.6 Å². The van der Waals surface area contributed by atoms with Gasteiger partial charge in [-0.15, -0.1) is 0 Å². The molecule has 218 valence electrons. The summed E-state index contributed by atoms with van der Waals surface area (Å²) in [5.74, 6) is -2.70. The number of nitro benzene ring substituents is 1. The summed E-state index contributed by atoms with van der Waals surface area (Å²) < 4.78 is 13.4. The van der Waals surface area contributed by atoms with Gasteiger partial charge in [0.15, 0.2) is 6.17 Å². The largest absolute Gasteiger partial charge is 0.481 e. The number of amides is 5. The van der Waals surface area contributed by atoms with Crippen LogP contribution in [0.2, 0.25) is 0 Å². The molecule has 0 bridgehead atoms. The van der Waals surface area contributed by atoms with E-state index in [0.717, 1.165) is 33.6 Å². The van der Waals surface area contributed by atoms with Gasteiger partial charge < -0.3 is 21.1 Å². The second-order valence-electron chi connectivity index (χ2n) is 9.51. The van der Waals surface area contributed by atoms with E-state index >= 15 is 0 Å². The molecule has 3 aromatic carbocycles. The average molecular weight is 579 g/mol. The minimum atomic E-state index is -1.52. The minimum absolute atomic E-state index is 0.0486. The van der Waals surface area contributed by atoms with Crippen molar-refractivity contribution in [3.05, 3.63) is 99.9 Å². The van der Waals surface area contributed by atoms with E-state index in [1.165, 1.54) is 30.3 Å². The molecule has 0 spiro atoms. The summed E-state index contributed by atoms with van der Waals surface area (Å²) in [7, 11) is 0. The fourth-order valence-corrected chi connectivity index (χ4v) is 4.51. The van der Waals surface area contributed by atoms with Crippen molar-refractivity contribution >= 4 is 41.0 Å². The van der Waals surface area contributed by atoms with Crippen LogP contribution in [0.25, 0.3) is 0 Å². The predicted molar refractivity (Wildman–Crippen MR) is 149 cm³/mol. The summed E-state index contributed by atoms with van der Waals surface area (Å²) in [6.07, 6.45) is -2.15. The van der Waals surface area contributed by atoms with Gasteiger partial charge in [-0.1, -0.05) is 24.3 Å². The Morgan fingerprint density at radius 1 is 0.952 bits per heavy atom. The molecule has 2 unspecified atom stereocenters. The number of urea groups is 2. The summed E-state index contributed by atoms with van der Waals surface area (Å²) in [4.78, 5) is 64.8. The van der Waals surface area contributed by atoms with Crippen molar-refractivity contribution < 1.29 is 33.6 Å². The fourth-order valence-electron chi connectivity index (χ4n) is 4.51. The minimum Gasteiger partial charge on any atom is -0.481 e. The molecule has 0 radical (unpaired) electrons. The fraction of sp³-hybridized carbons (Fsp3) is 0.214. The van der Waals surface area contributed by atoms with Crippen molar-refractivity contribution in [2.24, 2.45) is 0 Å². The maximum absolute atomic E-state index is 13.7. The number of aryl methyl sites for hydroxylation is 1. The number of carboxylic acids is 1. The smallest absolute Gasteiger partial charge is 0.323 e. The Morgan fingerprint density at radius 3 is 2.17 bits per heavy atom. The first-order valence-corrected chi connectivity index (χ1v) is 12.8. The van der Waals surface area contributed by atoms with E-state index in [1.54, 1.807) is 18.2 Å². The highest BCUT2D eigenvalue weighted by molar-refractivity contribution is 5.98. The molecule has 42 heavy (non-hydrogen) atoms. The van der Waals surface area contributed by atoms with E-state index < -0.39 is 53.3 Å². The number of hydrogen-bond donors (Lipinski definition) is 4. The van der Waals surface area contributed by atoms with Gasteiger partial charge in [0.1, 0.15) is 5.82 Å². The van der Waals surface area contributed by atoms with Gasteiger partial charge in [0.05, 0.1) is 17.4 Å². The third-order valence-corrected chi connectivity index (χ3v) is 6.47.